The van der Waals surface area contributed by atoms with E-state index in [1.807, 2.05) is 79.7 Å². The van der Waals surface area contributed by atoms with E-state index >= 15 is 0 Å². The van der Waals surface area contributed by atoms with E-state index in [0.29, 0.717) is 17.0 Å². The van der Waals surface area contributed by atoms with Gasteiger partial charge in [-0.25, -0.2) is 0 Å². The third-order valence-electron chi connectivity index (χ3n) is 4.04. The first kappa shape index (κ1) is 15.1. The fourth-order valence-corrected chi connectivity index (χ4v) is 2.76. The summed E-state index contributed by atoms with van der Waals surface area (Å²) in [5.74, 6) is 1.25. The molecule has 1 amide bonds. The van der Waals surface area contributed by atoms with Crippen molar-refractivity contribution in [3.8, 4) is 11.3 Å². The van der Waals surface area contributed by atoms with Gasteiger partial charge in [-0.1, -0.05) is 48.5 Å². The zero-order valence-corrected chi connectivity index (χ0v) is 13.7. The van der Waals surface area contributed by atoms with Gasteiger partial charge in [-0.05, 0) is 37.3 Å². The van der Waals surface area contributed by atoms with E-state index < -0.39 is 0 Å². The monoisotopic (exact) mass is 328 g/mol. The second-order valence-corrected chi connectivity index (χ2v) is 5.76. The minimum Gasteiger partial charge on any atom is -0.457 e. The van der Waals surface area contributed by atoms with E-state index in [1.54, 1.807) is 6.08 Å². The second-order valence-electron chi connectivity index (χ2n) is 5.76. The maximum Gasteiger partial charge on any atom is 0.280 e. The van der Waals surface area contributed by atoms with Crippen molar-refractivity contribution in [1.82, 2.24) is 0 Å². The number of nitrogens with zero attached hydrogens (tertiary/aromatic N) is 2. The topological polar surface area (TPSA) is 45.8 Å². The Morgan fingerprint density at radius 3 is 2.32 bits per heavy atom. The highest BCUT2D eigenvalue weighted by atomic mass is 16.3. The van der Waals surface area contributed by atoms with Crippen LogP contribution in [0.25, 0.3) is 17.4 Å². The minimum absolute atomic E-state index is 0.152. The van der Waals surface area contributed by atoms with Crippen molar-refractivity contribution >= 4 is 23.4 Å². The summed E-state index contributed by atoms with van der Waals surface area (Å²) in [6.07, 6.45) is 1.75. The molecule has 4 rings (SSSR count). The molecule has 2 heterocycles. The smallest absolute Gasteiger partial charge is 0.280 e. The highest BCUT2D eigenvalue weighted by Crippen LogP contribution is 2.27. The van der Waals surface area contributed by atoms with Crippen LogP contribution in [0.15, 0.2) is 87.9 Å². The molecule has 4 heteroatoms. The molecule has 1 aliphatic heterocycles. The zero-order valence-electron chi connectivity index (χ0n) is 13.7. The summed E-state index contributed by atoms with van der Waals surface area (Å²) >= 11 is 0. The van der Waals surface area contributed by atoms with Gasteiger partial charge in [0.15, 0.2) is 0 Å². The molecular weight excluding hydrogens is 312 g/mol. The quantitative estimate of drug-likeness (QED) is 0.651. The molecule has 0 unspecified atom stereocenters. The number of hydrogen-bond donors (Lipinski definition) is 0. The summed E-state index contributed by atoms with van der Waals surface area (Å²) in [5, 5.41) is 5.79. The Bertz CT molecular complexity index is 969. The molecule has 0 atom stereocenters. The van der Waals surface area contributed by atoms with Crippen LogP contribution in [0.2, 0.25) is 0 Å². The third kappa shape index (κ3) is 2.90. The lowest BCUT2D eigenvalue weighted by molar-refractivity contribution is -0.114. The summed E-state index contributed by atoms with van der Waals surface area (Å²) in [5.41, 5.74) is 2.96. The lowest BCUT2D eigenvalue weighted by atomic mass is 10.1. The van der Waals surface area contributed by atoms with E-state index in [2.05, 4.69) is 5.10 Å². The molecule has 0 saturated carbocycles. The van der Waals surface area contributed by atoms with E-state index in [0.717, 1.165) is 17.0 Å². The number of furan rings is 1. The standard InChI is InChI=1S/C21H16N2O2/c1-15-19(21(24)23(22-15)17-10-6-3-7-11-17)14-18-12-13-20(25-18)16-8-4-2-5-9-16/h2-14H,1H3/b19-14+. The van der Waals surface area contributed by atoms with Crippen LogP contribution >= 0.6 is 0 Å². The Kier molecular flexibility index (Phi) is 3.78. The Hall–Kier alpha value is -3.40. The van der Waals surface area contributed by atoms with Crippen LogP contribution in [0, 0.1) is 0 Å². The van der Waals surface area contributed by atoms with Crippen molar-refractivity contribution in [2.45, 2.75) is 6.92 Å². The van der Waals surface area contributed by atoms with Gasteiger partial charge >= 0.3 is 0 Å². The number of anilines is 1. The first-order valence-electron chi connectivity index (χ1n) is 8.04. The third-order valence-corrected chi connectivity index (χ3v) is 4.04. The lowest BCUT2D eigenvalue weighted by Gasteiger charge is -2.10. The molecule has 0 fully saturated rings. The van der Waals surface area contributed by atoms with Crippen molar-refractivity contribution in [2.75, 3.05) is 5.01 Å². The molecule has 4 nitrogen and oxygen atoms in total. The molecule has 3 aromatic rings. The number of benzene rings is 2. The summed E-state index contributed by atoms with van der Waals surface area (Å²) in [6.45, 7) is 1.83. The summed E-state index contributed by atoms with van der Waals surface area (Å²) < 4.78 is 5.87. The van der Waals surface area contributed by atoms with Crippen LogP contribution < -0.4 is 5.01 Å². The molecule has 25 heavy (non-hydrogen) atoms. The second kappa shape index (κ2) is 6.24. The van der Waals surface area contributed by atoms with Crippen LogP contribution in [-0.4, -0.2) is 11.6 Å². The fraction of sp³-hybridized carbons (Fsp3) is 0.0476. The van der Waals surface area contributed by atoms with Crippen LogP contribution in [0.5, 0.6) is 0 Å². The maximum absolute atomic E-state index is 12.7. The Morgan fingerprint density at radius 1 is 0.920 bits per heavy atom. The lowest BCUT2D eigenvalue weighted by Crippen LogP contribution is -2.21. The van der Waals surface area contributed by atoms with Crippen molar-refractivity contribution in [2.24, 2.45) is 5.10 Å². The van der Waals surface area contributed by atoms with Crippen LogP contribution in [0.1, 0.15) is 12.7 Å². The molecule has 0 aliphatic carbocycles. The van der Waals surface area contributed by atoms with Gasteiger partial charge in [-0.3, -0.25) is 4.79 Å². The Morgan fingerprint density at radius 2 is 1.60 bits per heavy atom. The summed E-state index contributed by atoms with van der Waals surface area (Å²) in [7, 11) is 0. The number of para-hydroxylation sites is 1. The predicted octanol–water partition coefficient (Wildman–Crippen LogP) is 4.75. The highest BCUT2D eigenvalue weighted by Gasteiger charge is 2.28. The normalized spacial score (nSPS) is 15.7. The van der Waals surface area contributed by atoms with Crippen LogP contribution in [-0.2, 0) is 4.79 Å². The van der Waals surface area contributed by atoms with E-state index in [-0.39, 0.29) is 5.91 Å². The van der Waals surface area contributed by atoms with Gasteiger partial charge < -0.3 is 4.42 Å². The van der Waals surface area contributed by atoms with Gasteiger partial charge in [0.1, 0.15) is 11.5 Å². The first-order valence-corrected chi connectivity index (χ1v) is 8.04. The van der Waals surface area contributed by atoms with Gasteiger partial charge in [0, 0.05) is 5.56 Å². The predicted molar refractivity (Wildman–Crippen MR) is 99.2 cm³/mol. The van der Waals surface area contributed by atoms with Gasteiger partial charge in [-0.15, -0.1) is 0 Å². The SMILES string of the molecule is CC1=NN(c2ccccc2)C(=O)/C1=C/c1ccc(-c2ccccc2)o1. The van der Waals surface area contributed by atoms with Gasteiger partial charge in [0.05, 0.1) is 17.0 Å². The molecule has 122 valence electrons. The van der Waals surface area contributed by atoms with Gasteiger partial charge in [0.25, 0.3) is 5.91 Å². The minimum atomic E-state index is -0.152. The highest BCUT2D eigenvalue weighted by molar-refractivity contribution is 6.32. The van der Waals surface area contributed by atoms with Crippen molar-refractivity contribution in [1.29, 1.82) is 0 Å². The summed E-state index contributed by atoms with van der Waals surface area (Å²) in [6, 6.07) is 23.0. The molecule has 1 aliphatic rings. The number of carbonyl (C=O) groups excluding carboxylic acids is 1. The largest absolute Gasteiger partial charge is 0.457 e. The molecule has 0 bridgehead atoms. The average Bonchev–Trinajstić information content (AvgIpc) is 3.23. The van der Waals surface area contributed by atoms with Gasteiger partial charge in [0.2, 0.25) is 0 Å². The number of rotatable bonds is 3. The molecule has 1 aromatic heterocycles. The van der Waals surface area contributed by atoms with Crippen LogP contribution in [0.4, 0.5) is 5.69 Å². The zero-order chi connectivity index (χ0) is 17.2. The Balaban J connectivity index is 1.63. The Labute approximate surface area is 145 Å². The number of hydrogen-bond acceptors (Lipinski definition) is 3. The summed E-state index contributed by atoms with van der Waals surface area (Å²) in [4.78, 5) is 12.7. The number of amides is 1. The van der Waals surface area contributed by atoms with E-state index in [1.165, 1.54) is 5.01 Å². The van der Waals surface area contributed by atoms with Crippen LogP contribution in [0.3, 0.4) is 0 Å². The van der Waals surface area contributed by atoms with Crippen molar-refractivity contribution < 1.29 is 9.21 Å². The average molecular weight is 328 g/mol. The molecule has 0 radical (unpaired) electrons. The van der Waals surface area contributed by atoms with Crippen molar-refractivity contribution in [3.63, 3.8) is 0 Å². The van der Waals surface area contributed by atoms with E-state index in [4.69, 9.17) is 4.42 Å². The molecule has 0 spiro atoms. The van der Waals surface area contributed by atoms with Crippen molar-refractivity contribution in [3.05, 3.63) is 84.1 Å². The molecule has 2 aromatic carbocycles. The van der Waals surface area contributed by atoms with E-state index in [9.17, 15) is 4.79 Å². The number of hydrazone groups is 1. The number of carbonyl (C=O) groups is 1. The molecule has 0 N–H and O–H groups in total. The fourth-order valence-electron chi connectivity index (χ4n) is 2.76. The maximum atomic E-state index is 12.7. The van der Waals surface area contributed by atoms with Gasteiger partial charge in [-0.2, -0.15) is 10.1 Å². The molecule has 0 saturated heterocycles. The first-order chi connectivity index (χ1) is 12.2. The molecular formula is C21H16N2O2.